The van der Waals surface area contributed by atoms with E-state index in [9.17, 15) is 4.79 Å². The Kier molecular flexibility index (Phi) is 2.07. The number of hydrogen-bond acceptors (Lipinski definition) is 2. The Bertz CT molecular complexity index is 321. The lowest BCUT2D eigenvalue weighted by molar-refractivity contribution is -0.116. The van der Waals surface area contributed by atoms with Gasteiger partial charge in [-0.3, -0.25) is 4.79 Å². The van der Waals surface area contributed by atoms with Crippen molar-refractivity contribution in [2.45, 2.75) is 19.3 Å². The normalized spacial score (nSPS) is 16.6. The molecular weight excluding hydrogens is 194 g/mol. The zero-order chi connectivity index (χ0) is 8.55. The van der Waals surface area contributed by atoms with E-state index in [1.54, 1.807) is 11.3 Å². The van der Waals surface area contributed by atoms with Crippen molar-refractivity contribution >= 4 is 34.5 Å². The van der Waals surface area contributed by atoms with Crippen LogP contribution in [-0.2, 0) is 11.2 Å². The van der Waals surface area contributed by atoms with Gasteiger partial charge in [0.05, 0.1) is 10.0 Å². The van der Waals surface area contributed by atoms with E-state index in [4.69, 9.17) is 11.6 Å². The van der Waals surface area contributed by atoms with E-state index in [0.29, 0.717) is 6.42 Å². The molecule has 1 amide bonds. The van der Waals surface area contributed by atoms with Crippen LogP contribution in [0, 0.1) is 0 Å². The first-order chi connectivity index (χ1) is 5.75. The first-order valence-electron chi connectivity index (χ1n) is 3.84. The number of anilines is 1. The van der Waals surface area contributed by atoms with Crippen molar-refractivity contribution in [2.24, 2.45) is 0 Å². The standard InChI is InChI=1S/C8H8ClNOS/c9-7-4-5-6(12-7)2-1-3-8(11)10-5/h4H,1-3H2,(H,10,11). The van der Waals surface area contributed by atoms with Gasteiger partial charge in [0.25, 0.3) is 0 Å². The van der Waals surface area contributed by atoms with Crippen LogP contribution in [0.5, 0.6) is 0 Å². The Morgan fingerprint density at radius 2 is 2.33 bits per heavy atom. The summed E-state index contributed by atoms with van der Waals surface area (Å²) >= 11 is 7.38. The van der Waals surface area contributed by atoms with E-state index >= 15 is 0 Å². The summed E-state index contributed by atoms with van der Waals surface area (Å²) in [4.78, 5) is 12.3. The maximum atomic E-state index is 11.1. The van der Waals surface area contributed by atoms with E-state index in [0.717, 1.165) is 22.9 Å². The molecule has 0 radical (unpaired) electrons. The fraction of sp³-hybridized carbons (Fsp3) is 0.375. The summed E-state index contributed by atoms with van der Waals surface area (Å²) in [5, 5.41) is 2.83. The molecule has 0 aliphatic carbocycles. The van der Waals surface area contributed by atoms with Crippen LogP contribution in [-0.4, -0.2) is 5.91 Å². The Hall–Kier alpha value is -0.540. The molecule has 0 spiro atoms. The molecule has 0 saturated carbocycles. The number of aryl methyl sites for hydroxylation is 1. The highest BCUT2D eigenvalue weighted by atomic mass is 35.5. The van der Waals surface area contributed by atoms with Gasteiger partial charge in [0.15, 0.2) is 0 Å². The SMILES string of the molecule is O=C1CCCc2sc(Cl)cc2N1. The van der Waals surface area contributed by atoms with Crippen molar-refractivity contribution in [1.29, 1.82) is 0 Å². The van der Waals surface area contributed by atoms with Crippen molar-refractivity contribution < 1.29 is 4.79 Å². The number of fused-ring (bicyclic) bond motifs is 1. The molecule has 64 valence electrons. The van der Waals surface area contributed by atoms with Crippen molar-refractivity contribution in [3.63, 3.8) is 0 Å². The number of hydrogen-bond donors (Lipinski definition) is 1. The van der Waals surface area contributed by atoms with Crippen molar-refractivity contribution in [1.82, 2.24) is 0 Å². The molecule has 1 aromatic rings. The second-order valence-electron chi connectivity index (χ2n) is 2.79. The molecule has 0 saturated heterocycles. The summed E-state index contributed by atoms with van der Waals surface area (Å²) in [6.45, 7) is 0. The third-order valence-corrected chi connectivity index (χ3v) is 3.18. The molecule has 1 N–H and O–H groups in total. The molecule has 0 unspecified atom stereocenters. The molecule has 0 atom stereocenters. The molecule has 12 heavy (non-hydrogen) atoms. The van der Waals surface area contributed by atoms with Crippen LogP contribution in [0.1, 0.15) is 17.7 Å². The molecule has 1 aromatic heterocycles. The van der Waals surface area contributed by atoms with Crippen LogP contribution >= 0.6 is 22.9 Å². The molecule has 0 bridgehead atoms. The quantitative estimate of drug-likeness (QED) is 0.687. The Morgan fingerprint density at radius 1 is 1.50 bits per heavy atom. The predicted molar refractivity (Wildman–Crippen MR) is 50.9 cm³/mol. The van der Waals surface area contributed by atoms with Crippen molar-refractivity contribution in [3.05, 3.63) is 15.3 Å². The minimum absolute atomic E-state index is 0.100. The smallest absolute Gasteiger partial charge is 0.224 e. The van der Waals surface area contributed by atoms with Gasteiger partial charge in [0, 0.05) is 11.3 Å². The second kappa shape index (κ2) is 3.07. The number of thiophene rings is 1. The number of carbonyl (C=O) groups is 1. The van der Waals surface area contributed by atoms with Gasteiger partial charge in [-0.15, -0.1) is 11.3 Å². The maximum Gasteiger partial charge on any atom is 0.224 e. The summed E-state index contributed by atoms with van der Waals surface area (Å²) in [5.74, 6) is 0.100. The number of rotatable bonds is 0. The molecule has 2 nitrogen and oxygen atoms in total. The van der Waals surface area contributed by atoms with Crippen LogP contribution in [0.25, 0.3) is 0 Å². The lowest BCUT2D eigenvalue weighted by Crippen LogP contribution is -2.08. The van der Waals surface area contributed by atoms with Crippen LogP contribution in [0.15, 0.2) is 6.07 Å². The van der Waals surface area contributed by atoms with Gasteiger partial charge in [-0.25, -0.2) is 0 Å². The fourth-order valence-corrected chi connectivity index (χ4v) is 2.58. The first kappa shape index (κ1) is 8.08. The van der Waals surface area contributed by atoms with Crippen LogP contribution in [0.2, 0.25) is 4.34 Å². The Morgan fingerprint density at radius 3 is 3.17 bits per heavy atom. The van der Waals surface area contributed by atoms with Gasteiger partial charge in [-0.2, -0.15) is 0 Å². The highest BCUT2D eigenvalue weighted by Gasteiger charge is 2.14. The number of halogens is 1. The second-order valence-corrected chi connectivity index (χ2v) is 4.56. The molecule has 0 fully saturated rings. The highest BCUT2D eigenvalue weighted by Crippen LogP contribution is 2.33. The minimum Gasteiger partial charge on any atom is -0.325 e. The largest absolute Gasteiger partial charge is 0.325 e. The van der Waals surface area contributed by atoms with E-state index in [1.165, 1.54) is 4.88 Å². The van der Waals surface area contributed by atoms with Gasteiger partial charge in [0.1, 0.15) is 0 Å². The van der Waals surface area contributed by atoms with E-state index in [1.807, 2.05) is 6.07 Å². The number of amides is 1. The predicted octanol–water partition coefficient (Wildman–Crippen LogP) is 2.68. The van der Waals surface area contributed by atoms with Crippen LogP contribution < -0.4 is 5.32 Å². The lowest BCUT2D eigenvalue weighted by atomic mass is 10.2. The Labute approximate surface area is 79.5 Å². The average Bonchev–Trinajstić information content (AvgIpc) is 2.23. The first-order valence-corrected chi connectivity index (χ1v) is 5.03. The summed E-state index contributed by atoms with van der Waals surface area (Å²) in [6, 6.07) is 1.82. The lowest BCUT2D eigenvalue weighted by Gasteiger charge is -1.97. The Balaban J connectivity index is 2.36. The topological polar surface area (TPSA) is 29.1 Å². The maximum absolute atomic E-state index is 11.1. The third kappa shape index (κ3) is 1.47. The van der Waals surface area contributed by atoms with Gasteiger partial charge in [-0.1, -0.05) is 11.6 Å². The summed E-state index contributed by atoms with van der Waals surface area (Å²) in [7, 11) is 0. The molecule has 0 aromatic carbocycles. The molecular formula is C8H8ClNOS. The summed E-state index contributed by atoms with van der Waals surface area (Å²) in [5.41, 5.74) is 0.910. The highest BCUT2D eigenvalue weighted by molar-refractivity contribution is 7.16. The van der Waals surface area contributed by atoms with Gasteiger partial charge < -0.3 is 5.32 Å². The van der Waals surface area contributed by atoms with Gasteiger partial charge >= 0.3 is 0 Å². The molecule has 1 aliphatic rings. The zero-order valence-electron chi connectivity index (χ0n) is 6.39. The zero-order valence-corrected chi connectivity index (χ0v) is 7.97. The van der Waals surface area contributed by atoms with Crippen LogP contribution in [0.3, 0.4) is 0 Å². The summed E-state index contributed by atoms with van der Waals surface area (Å²) in [6.07, 6.45) is 2.51. The van der Waals surface area contributed by atoms with Crippen LogP contribution in [0.4, 0.5) is 5.69 Å². The average molecular weight is 202 g/mol. The third-order valence-electron chi connectivity index (χ3n) is 1.86. The van der Waals surface area contributed by atoms with E-state index in [2.05, 4.69) is 5.32 Å². The molecule has 1 aliphatic heterocycles. The minimum atomic E-state index is 0.100. The monoisotopic (exact) mass is 201 g/mol. The van der Waals surface area contributed by atoms with Crippen molar-refractivity contribution in [2.75, 3.05) is 5.32 Å². The number of nitrogens with one attached hydrogen (secondary N) is 1. The fourth-order valence-electron chi connectivity index (χ4n) is 1.31. The van der Waals surface area contributed by atoms with E-state index < -0.39 is 0 Å². The van der Waals surface area contributed by atoms with Gasteiger partial charge in [-0.05, 0) is 18.9 Å². The molecule has 2 rings (SSSR count). The summed E-state index contributed by atoms with van der Waals surface area (Å²) < 4.78 is 0.752. The number of carbonyl (C=O) groups excluding carboxylic acids is 1. The van der Waals surface area contributed by atoms with Gasteiger partial charge in [0.2, 0.25) is 5.91 Å². The van der Waals surface area contributed by atoms with Crippen molar-refractivity contribution in [3.8, 4) is 0 Å². The van der Waals surface area contributed by atoms with E-state index in [-0.39, 0.29) is 5.91 Å². The molecule has 2 heterocycles. The molecule has 4 heteroatoms.